The van der Waals surface area contributed by atoms with Gasteiger partial charge in [-0.1, -0.05) is 56.7 Å². The van der Waals surface area contributed by atoms with Gasteiger partial charge in [0.2, 0.25) is 5.91 Å². The minimum Gasteiger partial charge on any atom is -0.382 e. The zero-order chi connectivity index (χ0) is 22.5. The minimum atomic E-state index is -0.116. The highest BCUT2D eigenvalue weighted by Gasteiger charge is 2.37. The summed E-state index contributed by atoms with van der Waals surface area (Å²) in [6.07, 6.45) is 5.55. The van der Waals surface area contributed by atoms with E-state index in [-0.39, 0.29) is 23.4 Å². The van der Waals surface area contributed by atoms with Crippen LogP contribution in [-0.2, 0) is 4.79 Å². The average molecular weight is 453 g/mol. The third kappa shape index (κ3) is 5.99. The molecular weight excluding hydrogens is 416 g/mol. The molecule has 2 aromatic rings. The van der Waals surface area contributed by atoms with E-state index in [2.05, 4.69) is 72.4 Å². The lowest BCUT2D eigenvalue weighted by Crippen LogP contribution is -2.60. The van der Waals surface area contributed by atoms with Crippen molar-refractivity contribution >= 4 is 34.7 Å². The number of rotatable bonds is 8. The Balaban J connectivity index is 1.53. The van der Waals surface area contributed by atoms with Crippen LogP contribution in [0.15, 0.2) is 53.4 Å². The average Bonchev–Trinajstić information content (AvgIpc) is 2.76. The van der Waals surface area contributed by atoms with Gasteiger partial charge >= 0.3 is 0 Å². The Labute approximate surface area is 196 Å². The number of benzene rings is 2. The summed E-state index contributed by atoms with van der Waals surface area (Å²) in [5.74, 6) is 0.956. The van der Waals surface area contributed by atoms with Crippen molar-refractivity contribution in [1.82, 2.24) is 10.6 Å². The van der Waals surface area contributed by atoms with E-state index >= 15 is 0 Å². The van der Waals surface area contributed by atoms with E-state index < -0.39 is 0 Å². The molecule has 1 saturated heterocycles. The fraction of sp³-hybridized carbons (Fsp3) is 0.500. The van der Waals surface area contributed by atoms with E-state index in [0.29, 0.717) is 12.0 Å². The van der Waals surface area contributed by atoms with Crippen molar-refractivity contribution in [2.75, 3.05) is 10.6 Å². The molecule has 0 bridgehead atoms. The van der Waals surface area contributed by atoms with E-state index in [1.165, 1.54) is 6.42 Å². The molecule has 1 heterocycles. The molecule has 0 spiro atoms. The summed E-state index contributed by atoms with van der Waals surface area (Å²) < 4.78 is 0. The van der Waals surface area contributed by atoms with Crippen molar-refractivity contribution in [2.45, 2.75) is 75.4 Å². The Morgan fingerprint density at radius 2 is 1.81 bits per heavy atom. The molecule has 2 fully saturated rings. The van der Waals surface area contributed by atoms with Gasteiger partial charge < -0.3 is 16.0 Å². The molecule has 0 aromatic heterocycles. The second-order valence-electron chi connectivity index (χ2n) is 9.55. The van der Waals surface area contributed by atoms with Gasteiger partial charge in [-0.2, -0.15) is 0 Å². The summed E-state index contributed by atoms with van der Waals surface area (Å²) >= 11 is 1.69. The Morgan fingerprint density at radius 1 is 1.03 bits per heavy atom. The first-order valence-corrected chi connectivity index (χ1v) is 12.8. The molecule has 0 radical (unpaired) electrons. The van der Waals surface area contributed by atoms with Gasteiger partial charge in [0, 0.05) is 34.0 Å². The summed E-state index contributed by atoms with van der Waals surface area (Å²) in [5, 5.41) is 14.1. The molecular formula is C26H36N4OS. The molecule has 172 valence electrons. The maximum Gasteiger partial charge on any atom is 0.226 e. The fourth-order valence-electron chi connectivity index (χ4n) is 4.84. The lowest BCUT2D eigenvalue weighted by Gasteiger charge is -2.40. The Bertz CT molecular complexity index is 904. The van der Waals surface area contributed by atoms with Gasteiger partial charge in [-0.3, -0.25) is 10.1 Å². The van der Waals surface area contributed by atoms with E-state index in [4.69, 9.17) is 0 Å². The van der Waals surface area contributed by atoms with Crippen LogP contribution in [0, 0.1) is 11.8 Å². The highest BCUT2D eigenvalue weighted by atomic mass is 32.2. The topological polar surface area (TPSA) is 65.2 Å². The van der Waals surface area contributed by atoms with Crippen LogP contribution in [0.4, 0.5) is 17.1 Å². The molecule has 6 heteroatoms. The second-order valence-corrected chi connectivity index (χ2v) is 10.7. The van der Waals surface area contributed by atoms with Crippen LogP contribution in [-0.4, -0.2) is 23.5 Å². The molecule has 4 N–H and O–H groups in total. The van der Waals surface area contributed by atoms with Crippen molar-refractivity contribution in [1.29, 1.82) is 0 Å². The minimum absolute atomic E-state index is 0.116. The number of amides is 1. The molecule has 4 rings (SSSR count). The van der Waals surface area contributed by atoms with Crippen molar-refractivity contribution < 1.29 is 4.79 Å². The number of carbonyl (C=O) groups is 1. The zero-order valence-corrected chi connectivity index (χ0v) is 20.2. The van der Waals surface area contributed by atoms with Crippen LogP contribution < -0.4 is 21.3 Å². The number of fused-ring (bicyclic) bond motifs is 1. The predicted molar refractivity (Wildman–Crippen MR) is 135 cm³/mol. The molecule has 2 aromatic carbocycles. The number of thioether (sulfide) groups is 1. The van der Waals surface area contributed by atoms with Crippen LogP contribution in [0.2, 0.25) is 0 Å². The first-order chi connectivity index (χ1) is 15.5. The van der Waals surface area contributed by atoms with Gasteiger partial charge in [0.1, 0.15) is 5.50 Å². The smallest absolute Gasteiger partial charge is 0.226 e. The molecule has 5 nitrogen and oxygen atoms in total. The highest BCUT2D eigenvalue weighted by Crippen LogP contribution is 2.36. The monoisotopic (exact) mass is 452 g/mol. The first-order valence-electron chi connectivity index (χ1n) is 11.9. The van der Waals surface area contributed by atoms with Gasteiger partial charge in [-0.05, 0) is 62.4 Å². The van der Waals surface area contributed by atoms with Crippen LogP contribution in [0.25, 0.3) is 0 Å². The van der Waals surface area contributed by atoms with Gasteiger partial charge in [0.05, 0.1) is 5.92 Å². The maximum atomic E-state index is 12.7. The number of hydrogen-bond acceptors (Lipinski definition) is 5. The normalized spacial score (nSPS) is 23.9. The quantitative estimate of drug-likeness (QED) is 0.400. The number of hydrogen-bond donors (Lipinski definition) is 4. The standard InChI is InChI=1S/C26H36N4OS/c1-17(2)15-18(3)27-23-14-13-20(28-19-9-5-4-6-10-19)16-24(23)32-26-29-22-12-8-7-11-21(22)25(31)30-26/h4-6,9-10,13-14,16-18,21-22,26-29H,7-8,11-12,15H2,1-3H3,(H,30,31). The number of carbonyl (C=O) groups excluding carboxylic acids is 1. The molecule has 4 unspecified atom stereocenters. The van der Waals surface area contributed by atoms with Gasteiger partial charge in [-0.15, -0.1) is 0 Å². The van der Waals surface area contributed by atoms with Gasteiger partial charge in [0.15, 0.2) is 0 Å². The third-order valence-electron chi connectivity index (χ3n) is 6.26. The van der Waals surface area contributed by atoms with Crippen LogP contribution in [0.1, 0.15) is 52.9 Å². The number of anilines is 3. The van der Waals surface area contributed by atoms with E-state index in [9.17, 15) is 4.79 Å². The largest absolute Gasteiger partial charge is 0.382 e. The van der Waals surface area contributed by atoms with Crippen LogP contribution in [0.5, 0.6) is 0 Å². The Kier molecular flexibility index (Phi) is 7.63. The lowest BCUT2D eigenvalue weighted by atomic mass is 9.83. The summed E-state index contributed by atoms with van der Waals surface area (Å²) in [5.41, 5.74) is 3.10. The summed E-state index contributed by atoms with van der Waals surface area (Å²) in [4.78, 5) is 13.9. The predicted octanol–water partition coefficient (Wildman–Crippen LogP) is 5.93. The number of para-hydroxylation sites is 1. The Hall–Kier alpha value is -2.18. The fourth-order valence-corrected chi connectivity index (χ4v) is 5.96. The van der Waals surface area contributed by atoms with E-state index in [0.717, 1.165) is 47.6 Å². The summed E-state index contributed by atoms with van der Waals surface area (Å²) in [7, 11) is 0. The van der Waals surface area contributed by atoms with Crippen molar-refractivity contribution in [3.8, 4) is 0 Å². The third-order valence-corrected chi connectivity index (χ3v) is 7.34. The van der Waals surface area contributed by atoms with Crippen molar-refractivity contribution in [2.24, 2.45) is 11.8 Å². The van der Waals surface area contributed by atoms with E-state index in [1.54, 1.807) is 11.8 Å². The second kappa shape index (κ2) is 10.6. The summed E-state index contributed by atoms with van der Waals surface area (Å²) in [6, 6.07) is 17.3. The van der Waals surface area contributed by atoms with Crippen molar-refractivity contribution in [3.63, 3.8) is 0 Å². The lowest BCUT2D eigenvalue weighted by molar-refractivity contribution is -0.129. The SMILES string of the molecule is CC(C)CC(C)Nc1ccc(Nc2ccccc2)cc1SC1NC(=O)C2CCCCC2N1. The zero-order valence-electron chi connectivity index (χ0n) is 19.4. The summed E-state index contributed by atoms with van der Waals surface area (Å²) in [6.45, 7) is 6.74. The number of nitrogens with one attached hydrogen (secondary N) is 4. The van der Waals surface area contributed by atoms with Crippen LogP contribution >= 0.6 is 11.8 Å². The van der Waals surface area contributed by atoms with Crippen LogP contribution in [0.3, 0.4) is 0 Å². The molecule has 4 atom stereocenters. The van der Waals surface area contributed by atoms with Gasteiger partial charge in [0.25, 0.3) is 0 Å². The highest BCUT2D eigenvalue weighted by molar-refractivity contribution is 8.00. The first kappa shape index (κ1) is 23.0. The molecule has 32 heavy (non-hydrogen) atoms. The Morgan fingerprint density at radius 3 is 2.59 bits per heavy atom. The molecule has 1 saturated carbocycles. The molecule has 1 aliphatic carbocycles. The molecule has 1 amide bonds. The maximum absolute atomic E-state index is 12.7. The molecule has 2 aliphatic rings. The van der Waals surface area contributed by atoms with Crippen molar-refractivity contribution in [3.05, 3.63) is 48.5 Å². The molecule has 1 aliphatic heterocycles. The van der Waals surface area contributed by atoms with E-state index in [1.807, 2.05) is 18.2 Å². The van der Waals surface area contributed by atoms with Gasteiger partial charge in [-0.25, -0.2) is 0 Å².